The summed E-state index contributed by atoms with van der Waals surface area (Å²) in [6.07, 6.45) is 0.203. The maximum absolute atomic E-state index is 11.2. The van der Waals surface area contributed by atoms with Gasteiger partial charge in [-0.15, -0.1) is 0 Å². The van der Waals surface area contributed by atoms with Crippen LogP contribution in [0.15, 0.2) is 22.7 Å². The summed E-state index contributed by atoms with van der Waals surface area (Å²) in [5.74, 6) is -0.333. The molecule has 3 N–H and O–H groups in total. The van der Waals surface area contributed by atoms with Crippen LogP contribution in [0.1, 0.15) is 17.9 Å². The number of phenols is 1. The summed E-state index contributed by atoms with van der Waals surface area (Å²) in [4.78, 5) is 11.2. The number of hydrogen-bond donors (Lipinski definition) is 2. The van der Waals surface area contributed by atoms with Gasteiger partial charge in [-0.3, -0.25) is 4.79 Å². The van der Waals surface area contributed by atoms with Crippen LogP contribution in [-0.2, 0) is 9.53 Å². The Morgan fingerprint density at radius 3 is 2.88 bits per heavy atom. The number of methoxy groups -OCH3 is 1. The van der Waals surface area contributed by atoms with Gasteiger partial charge in [0.1, 0.15) is 5.75 Å². The molecule has 1 aromatic rings. The fourth-order valence-corrected chi connectivity index (χ4v) is 2.05. The van der Waals surface area contributed by atoms with Crippen molar-refractivity contribution in [3.8, 4) is 5.75 Å². The number of aromatic hydroxyl groups is 1. The Labute approximate surface area is 103 Å². The Kier molecular flexibility index (Phi) is 4.76. The van der Waals surface area contributed by atoms with Gasteiger partial charge in [-0.2, -0.15) is 0 Å². The number of nitrogens with two attached hydrogens (primary N) is 1. The number of esters is 1. The lowest BCUT2D eigenvalue weighted by atomic mass is 9.96. The molecule has 1 atom stereocenters. The molecule has 0 spiro atoms. The number of ether oxygens (including phenoxy) is 1. The predicted octanol–water partition coefficient (Wildman–Crippen LogP) is 1.76. The van der Waals surface area contributed by atoms with Gasteiger partial charge in [0.05, 0.1) is 18.0 Å². The zero-order valence-corrected chi connectivity index (χ0v) is 10.5. The average Bonchev–Trinajstić information content (AvgIpc) is 2.29. The molecule has 0 saturated heterocycles. The largest absolute Gasteiger partial charge is 0.507 e. The Morgan fingerprint density at radius 1 is 1.62 bits per heavy atom. The predicted molar refractivity (Wildman–Crippen MR) is 64.2 cm³/mol. The van der Waals surface area contributed by atoms with Crippen molar-refractivity contribution in [1.82, 2.24) is 0 Å². The molecule has 0 amide bonds. The molecule has 1 unspecified atom stereocenters. The van der Waals surface area contributed by atoms with Crippen LogP contribution in [0.25, 0.3) is 0 Å². The van der Waals surface area contributed by atoms with Crippen molar-refractivity contribution in [2.45, 2.75) is 12.3 Å². The smallest absolute Gasteiger partial charge is 0.306 e. The fourth-order valence-electron chi connectivity index (χ4n) is 1.46. The van der Waals surface area contributed by atoms with Crippen LogP contribution in [0.2, 0.25) is 0 Å². The molecule has 0 aliphatic heterocycles. The second kappa shape index (κ2) is 5.86. The summed E-state index contributed by atoms with van der Waals surface area (Å²) in [5, 5.41) is 9.53. The lowest BCUT2D eigenvalue weighted by Gasteiger charge is -2.16. The van der Waals surface area contributed by atoms with E-state index < -0.39 is 0 Å². The average molecular weight is 288 g/mol. The first kappa shape index (κ1) is 13.0. The third kappa shape index (κ3) is 2.96. The van der Waals surface area contributed by atoms with E-state index in [1.807, 2.05) is 6.07 Å². The van der Waals surface area contributed by atoms with Crippen molar-refractivity contribution in [2.24, 2.45) is 5.73 Å². The minimum absolute atomic E-state index is 0.140. The van der Waals surface area contributed by atoms with Gasteiger partial charge in [-0.05, 0) is 34.1 Å². The van der Waals surface area contributed by atoms with E-state index in [9.17, 15) is 9.90 Å². The van der Waals surface area contributed by atoms with Gasteiger partial charge in [-0.1, -0.05) is 12.1 Å². The Balaban J connectivity index is 2.95. The first-order chi connectivity index (χ1) is 7.60. The maximum atomic E-state index is 11.2. The highest BCUT2D eigenvalue weighted by Gasteiger charge is 2.18. The van der Waals surface area contributed by atoms with Crippen LogP contribution < -0.4 is 5.73 Å². The van der Waals surface area contributed by atoms with Gasteiger partial charge in [0.25, 0.3) is 0 Å². The van der Waals surface area contributed by atoms with E-state index in [0.717, 1.165) is 5.56 Å². The van der Waals surface area contributed by atoms with Crippen LogP contribution in [0.4, 0.5) is 0 Å². The van der Waals surface area contributed by atoms with Gasteiger partial charge < -0.3 is 15.6 Å². The van der Waals surface area contributed by atoms with Gasteiger partial charge in [0.2, 0.25) is 0 Å². The van der Waals surface area contributed by atoms with Gasteiger partial charge in [0.15, 0.2) is 0 Å². The molecule has 0 heterocycles. The van der Waals surface area contributed by atoms with Crippen molar-refractivity contribution in [3.05, 3.63) is 28.2 Å². The highest BCUT2D eigenvalue weighted by Crippen LogP contribution is 2.33. The maximum Gasteiger partial charge on any atom is 0.306 e. The van der Waals surface area contributed by atoms with Gasteiger partial charge >= 0.3 is 5.97 Å². The number of halogens is 1. The normalized spacial score (nSPS) is 12.2. The molecule has 4 nitrogen and oxygen atoms in total. The molecule has 0 radical (unpaired) electrons. The Morgan fingerprint density at radius 2 is 2.31 bits per heavy atom. The molecular weight excluding hydrogens is 274 g/mol. The van der Waals surface area contributed by atoms with Crippen molar-refractivity contribution in [3.63, 3.8) is 0 Å². The van der Waals surface area contributed by atoms with Gasteiger partial charge in [0, 0.05) is 5.92 Å². The molecule has 0 aliphatic rings. The van der Waals surface area contributed by atoms with Crippen molar-refractivity contribution >= 4 is 21.9 Å². The standard InChI is InChI=1S/C11H14BrNO3/c1-16-10(15)5-7(6-13)8-3-2-4-9(14)11(8)12/h2-4,7,14H,5-6,13H2,1H3. The van der Waals surface area contributed by atoms with Crippen LogP contribution in [0, 0.1) is 0 Å². The number of benzene rings is 1. The zero-order chi connectivity index (χ0) is 12.1. The minimum Gasteiger partial charge on any atom is -0.507 e. The van der Waals surface area contributed by atoms with Crippen molar-refractivity contribution in [2.75, 3.05) is 13.7 Å². The monoisotopic (exact) mass is 287 g/mol. The summed E-state index contributed by atoms with van der Waals surface area (Å²) >= 11 is 3.28. The number of phenolic OH excluding ortho intramolecular Hbond substituents is 1. The Hall–Kier alpha value is -1.07. The Bertz CT molecular complexity index is 381. The minimum atomic E-state index is -0.314. The topological polar surface area (TPSA) is 72.5 Å². The van der Waals surface area contributed by atoms with E-state index in [4.69, 9.17) is 5.73 Å². The van der Waals surface area contributed by atoms with E-state index >= 15 is 0 Å². The number of rotatable bonds is 4. The quantitative estimate of drug-likeness (QED) is 0.828. The summed E-state index contributed by atoms with van der Waals surface area (Å²) in [6, 6.07) is 5.11. The molecule has 5 heteroatoms. The summed E-state index contributed by atoms with van der Waals surface area (Å²) in [5.41, 5.74) is 6.43. The summed E-state index contributed by atoms with van der Waals surface area (Å²) in [6.45, 7) is 0.317. The first-order valence-electron chi connectivity index (χ1n) is 4.84. The third-order valence-electron chi connectivity index (χ3n) is 2.37. The second-order valence-electron chi connectivity index (χ2n) is 3.39. The molecule has 0 aromatic heterocycles. The van der Waals surface area contributed by atoms with E-state index in [2.05, 4.69) is 20.7 Å². The lowest BCUT2D eigenvalue weighted by Crippen LogP contribution is -2.17. The molecule has 88 valence electrons. The zero-order valence-electron chi connectivity index (χ0n) is 8.94. The molecular formula is C11H14BrNO3. The molecule has 0 aliphatic carbocycles. The van der Waals surface area contributed by atoms with Crippen LogP contribution >= 0.6 is 15.9 Å². The second-order valence-corrected chi connectivity index (χ2v) is 4.19. The van der Waals surface area contributed by atoms with Crippen molar-refractivity contribution < 1.29 is 14.6 Å². The molecule has 16 heavy (non-hydrogen) atoms. The SMILES string of the molecule is COC(=O)CC(CN)c1cccc(O)c1Br. The van der Waals surface area contributed by atoms with E-state index in [1.54, 1.807) is 12.1 Å². The van der Waals surface area contributed by atoms with Crippen molar-refractivity contribution in [1.29, 1.82) is 0 Å². The van der Waals surface area contributed by atoms with Crippen LogP contribution in [-0.4, -0.2) is 24.7 Å². The van der Waals surface area contributed by atoms with Crippen LogP contribution in [0.5, 0.6) is 5.75 Å². The van der Waals surface area contributed by atoms with E-state index in [-0.39, 0.29) is 24.1 Å². The molecule has 0 bridgehead atoms. The van der Waals surface area contributed by atoms with E-state index in [1.165, 1.54) is 7.11 Å². The highest BCUT2D eigenvalue weighted by atomic mass is 79.9. The van der Waals surface area contributed by atoms with E-state index in [0.29, 0.717) is 11.0 Å². The molecule has 1 aromatic carbocycles. The number of carbonyl (C=O) groups is 1. The summed E-state index contributed by atoms with van der Waals surface area (Å²) < 4.78 is 5.18. The molecule has 1 rings (SSSR count). The summed E-state index contributed by atoms with van der Waals surface area (Å²) in [7, 11) is 1.34. The van der Waals surface area contributed by atoms with Gasteiger partial charge in [-0.25, -0.2) is 0 Å². The lowest BCUT2D eigenvalue weighted by molar-refractivity contribution is -0.141. The molecule has 0 saturated carbocycles. The number of hydrogen-bond acceptors (Lipinski definition) is 4. The highest BCUT2D eigenvalue weighted by molar-refractivity contribution is 9.10. The number of carbonyl (C=O) groups excluding carboxylic acids is 1. The third-order valence-corrected chi connectivity index (χ3v) is 3.24. The first-order valence-corrected chi connectivity index (χ1v) is 5.63. The molecule has 0 fully saturated rings. The van der Waals surface area contributed by atoms with Crippen LogP contribution in [0.3, 0.4) is 0 Å². The fraction of sp³-hybridized carbons (Fsp3) is 0.364.